The summed E-state index contributed by atoms with van der Waals surface area (Å²) >= 11 is 0. The lowest BCUT2D eigenvalue weighted by molar-refractivity contribution is 0.127. The minimum atomic E-state index is -3.01. The van der Waals surface area contributed by atoms with Crippen LogP contribution in [0.1, 0.15) is 33.6 Å². The van der Waals surface area contributed by atoms with Gasteiger partial charge in [-0.25, -0.2) is 8.42 Å². The maximum absolute atomic E-state index is 11.7. The molecule has 1 rings (SSSR count). The third kappa shape index (κ3) is 2.68. The Kier molecular flexibility index (Phi) is 3.02. The molecule has 0 aromatic rings. The summed E-state index contributed by atoms with van der Waals surface area (Å²) in [6.45, 7) is 5.91. The lowest BCUT2D eigenvalue weighted by Gasteiger charge is -2.21. The fraction of sp³-hybridized carbons (Fsp3) is 1.00. The lowest BCUT2D eigenvalue weighted by atomic mass is 10.2. The Balaban J connectivity index is 2.62. The lowest BCUT2D eigenvalue weighted by Crippen LogP contribution is -2.34. The molecule has 0 aromatic heterocycles. The molecule has 3 nitrogen and oxygen atoms in total. The highest BCUT2D eigenvalue weighted by Crippen LogP contribution is 2.21. The Morgan fingerprint density at radius 2 is 2.00 bits per heavy atom. The van der Waals surface area contributed by atoms with Crippen molar-refractivity contribution in [1.82, 2.24) is 0 Å². The highest BCUT2D eigenvalue weighted by molar-refractivity contribution is 7.92. The molecule has 0 aromatic carbocycles. The first-order chi connectivity index (χ1) is 5.83. The van der Waals surface area contributed by atoms with Gasteiger partial charge in [-0.3, -0.25) is 0 Å². The molecule has 78 valence electrons. The highest BCUT2D eigenvalue weighted by Gasteiger charge is 2.32. The molecule has 0 radical (unpaired) electrons. The van der Waals surface area contributed by atoms with Crippen LogP contribution in [0.4, 0.5) is 0 Å². The van der Waals surface area contributed by atoms with Crippen molar-refractivity contribution in [3.63, 3.8) is 0 Å². The summed E-state index contributed by atoms with van der Waals surface area (Å²) in [5.41, 5.74) is 0. The van der Waals surface area contributed by atoms with Gasteiger partial charge in [0.2, 0.25) is 0 Å². The van der Waals surface area contributed by atoms with E-state index in [9.17, 15) is 8.42 Å². The van der Waals surface area contributed by atoms with Crippen LogP contribution in [0.5, 0.6) is 0 Å². The van der Waals surface area contributed by atoms with Gasteiger partial charge in [0.25, 0.3) is 0 Å². The van der Waals surface area contributed by atoms with Crippen molar-refractivity contribution >= 4 is 9.84 Å². The van der Waals surface area contributed by atoms with Gasteiger partial charge in [0, 0.05) is 6.61 Å². The molecule has 4 heteroatoms. The van der Waals surface area contributed by atoms with Gasteiger partial charge in [-0.15, -0.1) is 0 Å². The Morgan fingerprint density at radius 3 is 2.38 bits per heavy atom. The van der Waals surface area contributed by atoms with E-state index in [1.807, 2.05) is 0 Å². The van der Waals surface area contributed by atoms with Crippen molar-refractivity contribution < 1.29 is 13.2 Å². The van der Waals surface area contributed by atoms with Crippen LogP contribution < -0.4 is 0 Å². The third-order valence-electron chi connectivity index (χ3n) is 2.36. The first-order valence-corrected chi connectivity index (χ1v) is 6.32. The SMILES string of the molecule is CC(C)(C)S(=O)(=O)CC1CCCO1. The van der Waals surface area contributed by atoms with Crippen molar-refractivity contribution in [2.75, 3.05) is 12.4 Å². The highest BCUT2D eigenvalue weighted by atomic mass is 32.2. The van der Waals surface area contributed by atoms with E-state index in [2.05, 4.69) is 0 Å². The molecule has 1 heterocycles. The van der Waals surface area contributed by atoms with E-state index in [4.69, 9.17) is 4.74 Å². The van der Waals surface area contributed by atoms with Crippen LogP contribution >= 0.6 is 0 Å². The molecule has 1 atom stereocenters. The normalized spacial score (nSPS) is 25.0. The monoisotopic (exact) mass is 206 g/mol. The molecule has 1 saturated heterocycles. The summed E-state index contributed by atoms with van der Waals surface area (Å²) in [4.78, 5) is 0. The van der Waals surface area contributed by atoms with Crippen LogP contribution in [0.15, 0.2) is 0 Å². The number of hydrogen-bond acceptors (Lipinski definition) is 3. The quantitative estimate of drug-likeness (QED) is 0.685. The number of ether oxygens (including phenoxy) is 1. The minimum Gasteiger partial charge on any atom is -0.377 e. The van der Waals surface area contributed by atoms with E-state index in [1.165, 1.54) is 0 Å². The van der Waals surface area contributed by atoms with E-state index in [0.717, 1.165) is 12.8 Å². The van der Waals surface area contributed by atoms with Gasteiger partial charge in [0.15, 0.2) is 9.84 Å². The minimum absolute atomic E-state index is 0.0655. The van der Waals surface area contributed by atoms with E-state index in [0.29, 0.717) is 6.61 Å². The van der Waals surface area contributed by atoms with Gasteiger partial charge in [-0.1, -0.05) is 0 Å². The Labute approximate surface area is 80.4 Å². The second-order valence-corrected chi connectivity index (χ2v) is 7.32. The fourth-order valence-corrected chi connectivity index (χ4v) is 2.52. The Hall–Kier alpha value is -0.0900. The first-order valence-electron chi connectivity index (χ1n) is 4.67. The maximum Gasteiger partial charge on any atom is 0.157 e. The molecule has 1 aliphatic heterocycles. The molecule has 1 fully saturated rings. The number of hydrogen-bond donors (Lipinski definition) is 0. The number of rotatable bonds is 2. The molecular formula is C9H18O3S. The molecule has 0 amide bonds. The van der Waals surface area contributed by atoms with Crippen LogP contribution in [-0.2, 0) is 14.6 Å². The van der Waals surface area contributed by atoms with E-state index < -0.39 is 14.6 Å². The average molecular weight is 206 g/mol. The summed E-state index contributed by atoms with van der Waals surface area (Å²) in [5.74, 6) is 0.177. The van der Waals surface area contributed by atoms with Crippen LogP contribution in [0, 0.1) is 0 Å². The zero-order valence-electron chi connectivity index (χ0n) is 8.54. The van der Waals surface area contributed by atoms with Crippen molar-refractivity contribution in [2.24, 2.45) is 0 Å². The van der Waals surface area contributed by atoms with Crippen LogP contribution in [0.25, 0.3) is 0 Å². The van der Waals surface area contributed by atoms with Gasteiger partial charge >= 0.3 is 0 Å². The van der Waals surface area contributed by atoms with Crippen molar-refractivity contribution in [3.05, 3.63) is 0 Å². The second kappa shape index (κ2) is 3.58. The first kappa shape index (κ1) is 11.0. The summed E-state index contributed by atoms with van der Waals surface area (Å²) in [7, 11) is -3.01. The smallest absolute Gasteiger partial charge is 0.157 e. The van der Waals surface area contributed by atoms with E-state index >= 15 is 0 Å². The maximum atomic E-state index is 11.7. The third-order valence-corrected chi connectivity index (χ3v) is 5.04. The van der Waals surface area contributed by atoms with Crippen LogP contribution in [0.3, 0.4) is 0 Å². The average Bonchev–Trinajstić information content (AvgIpc) is 2.35. The topological polar surface area (TPSA) is 43.4 Å². The van der Waals surface area contributed by atoms with Gasteiger partial charge in [-0.05, 0) is 33.6 Å². The zero-order valence-corrected chi connectivity index (χ0v) is 9.36. The van der Waals surface area contributed by atoms with Gasteiger partial charge < -0.3 is 4.74 Å². The molecule has 0 bridgehead atoms. The van der Waals surface area contributed by atoms with Crippen LogP contribution in [0.2, 0.25) is 0 Å². The molecule has 0 spiro atoms. The summed E-state index contributed by atoms with van der Waals surface area (Å²) in [6, 6.07) is 0. The molecule has 13 heavy (non-hydrogen) atoms. The fourth-order valence-electron chi connectivity index (χ4n) is 1.27. The predicted octanol–water partition coefficient (Wildman–Crippen LogP) is 1.38. The summed E-state index contributed by atoms with van der Waals surface area (Å²) in [5, 5.41) is 0. The van der Waals surface area contributed by atoms with E-state index in [1.54, 1.807) is 20.8 Å². The zero-order chi connectivity index (χ0) is 10.1. The van der Waals surface area contributed by atoms with Crippen molar-refractivity contribution in [3.8, 4) is 0 Å². The van der Waals surface area contributed by atoms with E-state index in [-0.39, 0.29) is 11.9 Å². The van der Waals surface area contributed by atoms with Crippen molar-refractivity contribution in [2.45, 2.75) is 44.5 Å². The largest absolute Gasteiger partial charge is 0.377 e. The molecule has 0 N–H and O–H groups in total. The van der Waals surface area contributed by atoms with Gasteiger partial charge in [-0.2, -0.15) is 0 Å². The molecular weight excluding hydrogens is 188 g/mol. The summed E-state index contributed by atoms with van der Waals surface area (Å²) < 4.78 is 28.1. The predicted molar refractivity (Wildman–Crippen MR) is 52.5 cm³/mol. The van der Waals surface area contributed by atoms with Gasteiger partial charge in [0.05, 0.1) is 16.6 Å². The van der Waals surface area contributed by atoms with Crippen LogP contribution in [-0.4, -0.2) is 31.6 Å². The Bertz CT molecular complexity index is 255. The molecule has 1 unspecified atom stereocenters. The summed E-state index contributed by atoms with van der Waals surface area (Å²) in [6.07, 6.45) is 1.81. The second-order valence-electron chi connectivity index (χ2n) is 4.53. The Morgan fingerprint density at radius 1 is 1.38 bits per heavy atom. The van der Waals surface area contributed by atoms with Crippen molar-refractivity contribution in [1.29, 1.82) is 0 Å². The van der Waals surface area contributed by atoms with Gasteiger partial charge in [0.1, 0.15) is 0 Å². The standard InChI is InChI=1S/C9H18O3S/c1-9(2,3)13(10,11)7-8-5-4-6-12-8/h8H,4-7H2,1-3H3. The molecule has 1 aliphatic rings. The molecule has 0 saturated carbocycles. The number of sulfone groups is 1. The molecule has 0 aliphatic carbocycles.